The van der Waals surface area contributed by atoms with E-state index in [0.717, 1.165) is 3.79 Å². The van der Waals surface area contributed by atoms with Crippen LogP contribution in [0.5, 0.6) is 0 Å². The van der Waals surface area contributed by atoms with Crippen LogP contribution in [0, 0.1) is 5.92 Å². The molecule has 84 valence electrons. The summed E-state index contributed by atoms with van der Waals surface area (Å²) in [5.74, 6) is 6.37. The molecular weight excluding hydrogens is 340 g/mol. The SMILES string of the molecule is NNC(c1cc(Br)sc1Br)C1CCCC1. The highest BCUT2D eigenvalue weighted by atomic mass is 79.9. The summed E-state index contributed by atoms with van der Waals surface area (Å²) in [5.41, 5.74) is 4.26. The fourth-order valence-corrected chi connectivity index (χ4v) is 5.26. The van der Waals surface area contributed by atoms with Gasteiger partial charge < -0.3 is 0 Å². The van der Waals surface area contributed by atoms with Crippen LogP contribution >= 0.6 is 43.2 Å². The van der Waals surface area contributed by atoms with E-state index in [0.29, 0.717) is 12.0 Å². The second-order valence-corrected chi connectivity index (χ2v) is 7.72. The minimum absolute atomic E-state index is 0.296. The number of hydrazine groups is 1. The number of rotatable bonds is 3. The number of nitrogens with two attached hydrogens (primary N) is 1. The number of hydrogen-bond donors (Lipinski definition) is 2. The summed E-state index contributed by atoms with van der Waals surface area (Å²) in [7, 11) is 0. The summed E-state index contributed by atoms with van der Waals surface area (Å²) in [6.07, 6.45) is 5.25. The van der Waals surface area contributed by atoms with Crippen molar-refractivity contribution in [1.29, 1.82) is 0 Å². The van der Waals surface area contributed by atoms with Crippen molar-refractivity contribution in [2.24, 2.45) is 11.8 Å². The van der Waals surface area contributed by atoms with Crippen molar-refractivity contribution in [1.82, 2.24) is 5.43 Å². The second-order valence-electron chi connectivity index (χ2n) is 3.97. The largest absolute Gasteiger partial charge is 0.271 e. The number of halogens is 2. The van der Waals surface area contributed by atoms with E-state index in [9.17, 15) is 0 Å². The second kappa shape index (κ2) is 5.27. The van der Waals surface area contributed by atoms with Crippen LogP contribution < -0.4 is 11.3 Å². The Morgan fingerprint density at radius 1 is 1.40 bits per heavy atom. The average Bonchev–Trinajstić information content (AvgIpc) is 2.79. The van der Waals surface area contributed by atoms with E-state index in [-0.39, 0.29) is 0 Å². The maximum absolute atomic E-state index is 5.68. The molecule has 0 aromatic carbocycles. The lowest BCUT2D eigenvalue weighted by atomic mass is 9.94. The number of thiophene rings is 1. The van der Waals surface area contributed by atoms with Gasteiger partial charge in [-0.25, -0.2) is 0 Å². The van der Waals surface area contributed by atoms with Gasteiger partial charge >= 0.3 is 0 Å². The van der Waals surface area contributed by atoms with E-state index in [2.05, 4.69) is 43.4 Å². The molecule has 0 radical (unpaired) electrons. The van der Waals surface area contributed by atoms with Crippen LogP contribution in [0.4, 0.5) is 0 Å². The third kappa shape index (κ3) is 2.64. The molecule has 5 heteroatoms. The Morgan fingerprint density at radius 3 is 2.53 bits per heavy atom. The van der Waals surface area contributed by atoms with Gasteiger partial charge in [0, 0.05) is 0 Å². The monoisotopic (exact) mass is 352 g/mol. The summed E-state index contributed by atoms with van der Waals surface area (Å²) in [4.78, 5) is 0. The van der Waals surface area contributed by atoms with Gasteiger partial charge in [0.1, 0.15) is 0 Å². The Bertz CT molecular complexity index is 334. The molecule has 0 amide bonds. The van der Waals surface area contributed by atoms with Crippen molar-refractivity contribution in [2.45, 2.75) is 31.7 Å². The first kappa shape index (κ1) is 12.0. The molecule has 1 heterocycles. The molecule has 2 rings (SSSR count). The van der Waals surface area contributed by atoms with E-state index in [1.165, 1.54) is 35.0 Å². The molecule has 0 bridgehead atoms. The quantitative estimate of drug-likeness (QED) is 0.637. The minimum atomic E-state index is 0.296. The lowest BCUT2D eigenvalue weighted by Crippen LogP contribution is -2.32. The first-order valence-corrected chi connectivity index (χ1v) is 7.53. The van der Waals surface area contributed by atoms with Gasteiger partial charge in [-0.05, 0) is 62.2 Å². The predicted molar refractivity (Wildman–Crippen MR) is 71.7 cm³/mol. The van der Waals surface area contributed by atoms with Gasteiger partial charge in [-0.15, -0.1) is 11.3 Å². The van der Waals surface area contributed by atoms with Gasteiger partial charge in [0.15, 0.2) is 0 Å². The van der Waals surface area contributed by atoms with Gasteiger partial charge in [0.05, 0.1) is 13.6 Å². The van der Waals surface area contributed by atoms with Crippen LogP contribution in [0.3, 0.4) is 0 Å². The van der Waals surface area contributed by atoms with Crippen LogP contribution in [0.25, 0.3) is 0 Å². The van der Waals surface area contributed by atoms with Gasteiger partial charge in [-0.3, -0.25) is 11.3 Å². The Morgan fingerprint density at radius 2 is 2.07 bits per heavy atom. The topological polar surface area (TPSA) is 38.0 Å². The average molecular weight is 354 g/mol. The van der Waals surface area contributed by atoms with E-state index < -0.39 is 0 Å². The zero-order valence-corrected chi connectivity index (χ0v) is 12.3. The molecule has 1 saturated carbocycles. The number of hydrogen-bond acceptors (Lipinski definition) is 3. The van der Waals surface area contributed by atoms with Gasteiger partial charge in [-0.2, -0.15) is 0 Å². The third-order valence-electron chi connectivity index (χ3n) is 3.07. The van der Waals surface area contributed by atoms with Crippen LogP contribution in [-0.2, 0) is 0 Å². The Kier molecular flexibility index (Phi) is 4.24. The molecule has 0 saturated heterocycles. The third-order valence-corrected chi connectivity index (χ3v) is 5.45. The highest BCUT2D eigenvalue weighted by molar-refractivity contribution is 9.12. The fourth-order valence-electron chi connectivity index (χ4n) is 2.34. The first-order valence-electron chi connectivity index (χ1n) is 5.13. The van der Waals surface area contributed by atoms with Crippen molar-refractivity contribution >= 4 is 43.2 Å². The molecule has 1 aliphatic rings. The van der Waals surface area contributed by atoms with Crippen molar-refractivity contribution in [3.05, 3.63) is 19.2 Å². The summed E-state index contributed by atoms with van der Waals surface area (Å²) >= 11 is 8.82. The van der Waals surface area contributed by atoms with E-state index in [1.54, 1.807) is 11.3 Å². The minimum Gasteiger partial charge on any atom is -0.271 e. The summed E-state index contributed by atoms with van der Waals surface area (Å²) in [6.45, 7) is 0. The van der Waals surface area contributed by atoms with E-state index in [1.807, 2.05) is 0 Å². The highest BCUT2D eigenvalue weighted by Crippen LogP contribution is 2.42. The zero-order chi connectivity index (χ0) is 10.8. The summed E-state index contributed by atoms with van der Waals surface area (Å²) < 4.78 is 2.34. The molecule has 1 unspecified atom stereocenters. The highest BCUT2D eigenvalue weighted by Gasteiger charge is 2.27. The van der Waals surface area contributed by atoms with Crippen molar-refractivity contribution < 1.29 is 0 Å². The lowest BCUT2D eigenvalue weighted by molar-refractivity contribution is 0.373. The lowest BCUT2D eigenvalue weighted by Gasteiger charge is -2.22. The molecule has 0 spiro atoms. The molecule has 1 fully saturated rings. The maximum Gasteiger partial charge on any atom is 0.0758 e. The van der Waals surface area contributed by atoms with Crippen LogP contribution in [-0.4, -0.2) is 0 Å². The van der Waals surface area contributed by atoms with Gasteiger partial charge in [0.25, 0.3) is 0 Å². The molecule has 1 aromatic heterocycles. The summed E-state index contributed by atoms with van der Waals surface area (Å²) in [5, 5.41) is 0. The molecule has 0 aliphatic heterocycles. The Labute approximate surface area is 111 Å². The van der Waals surface area contributed by atoms with Crippen LogP contribution in [0.15, 0.2) is 13.6 Å². The van der Waals surface area contributed by atoms with Gasteiger partial charge in [0.2, 0.25) is 0 Å². The Balaban J connectivity index is 2.21. The smallest absolute Gasteiger partial charge is 0.0758 e. The van der Waals surface area contributed by atoms with Crippen molar-refractivity contribution in [3.63, 3.8) is 0 Å². The molecule has 1 aromatic rings. The van der Waals surface area contributed by atoms with Crippen molar-refractivity contribution in [2.75, 3.05) is 0 Å². The predicted octanol–water partition coefficient (Wildman–Crippen LogP) is 3.97. The Hall–Kier alpha value is 0.580. The normalized spacial score (nSPS) is 19.7. The van der Waals surface area contributed by atoms with Gasteiger partial charge in [-0.1, -0.05) is 12.8 Å². The van der Waals surface area contributed by atoms with E-state index >= 15 is 0 Å². The molecule has 1 atom stereocenters. The van der Waals surface area contributed by atoms with Crippen LogP contribution in [0.2, 0.25) is 0 Å². The van der Waals surface area contributed by atoms with Crippen LogP contribution in [0.1, 0.15) is 37.3 Å². The molecular formula is C10H14Br2N2S. The molecule has 3 N–H and O–H groups in total. The first-order chi connectivity index (χ1) is 7.22. The van der Waals surface area contributed by atoms with Crippen molar-refractivity contribution in [3.8, 4) is 0 Å². The zero-order valence-electron chi connectivity index (χ0n) is 8.30. The molecule has 2 nitrogen and oxygen atoms in total. The standard InChI is InChI=1S/C10H14Br2N2S/c11-8-5-7(10(12)15-8)9(14-13)6-3-1-2-4-6/h5-6,9,14H,1-4,13H2. The van der Waals surface area contributed by atoms with E-state index in [4.69, 9.17) is 5.84 Å². The molecule has 15 heavy (non-hydrogen) atoms. The fraction of sp³-hybridized carbons (Fsp3) is 0.600. The maximum atomic E-state index is 5.68. The molecule has 1 aliphatic carbocycles. The number of nitrogens with one attached hydrogen (secondary N) is 1. The summed E-state index contributed by atoms with van der Waals surface area (Å²) in [6, 6.07) is 2.46.